The minimum atomic E-state index is -3.78. The van der Waals surface area contributed by atoms with Gasteiger partial charge in [0.2, 0.25) is 10.0 Å². The van der Waals surface area contributed by atoms with E-state index in [-0.39, 0.29) is 17.1 Å². The van der Waals surface area contributed by atoms with Crippen LogP contribution < -0.4 is 4.72 Å². The molecule has 25 heavy (non-hydrogen) atoms. The second-order valence-corrected chi connectivity index (χ2v) is 8.56. The molecule has 0 amide bonds. The number of thioether (sulfide) groups is 1. The van der Waals surface area contributed by atoms with Gasteiger partial charge in [-0.05, 0) is 30.2 Å². The Kier molecular flexibility index (Phi) is 6.83. The molecule has 0 aliphatic rings. The van der Waals surface area contributed by atoms with Crippen LogP contribution in [0.1, 0.15) is 11.1 Å². The lowest BCUT2D eigenvalue weighted by molar-refractivity contribution is -0.385. The van der Waals surface area contributed by atoms with Gasteiger partial charge in [0.15, 0.2) is 0 Å². The van der Waals surface area contributed by atoms with Gasteiger partial charge in [-0.1, -0.05) is 29.8 Å². The minimum absolute atomic E-state index is 0.0654. The average molecular weight is 401 g/mol. The van der Waals surface area contributed by atoms with Crippen LogP contribution in [-0.4, -0.2) is 25.6 Å². The van der Waals surface area contributed by atoms with Gasteiger partial charge in [0.25, 0.3) is 5.69 Å². The maximum Gasteiger partial charge on any atom is 0.270 e. The number of aryl methyl sites for hydroxylation is 1. The van der Waals surface area contributed by atoms with E-state index in [9.17, 15) is 18.5 Å². The predicted octanol–water partition coefficient (Wildman–Crippen LogP) is 3.77. The zero-order valence-electron chi connectivity index (χ0n) is 13.4. The van der Waals surface area contributed by atoms with Crippen LogP contribution in [0.15, 0.2) is 47.4 Å². The van der Waals surface area contributed by atoms with Crippen molar-refractivity contribution in [2.24, 2.45) is 0 Å². The largest absolute Gasteiger partial charge is 0.270 e. The van der Waals surface area contributed by atoms with Crippen molar-refractivity contribution in [2.45, 2.75) is 17.6 Å². The Hall–Kier alpha value is -1.61. The Balaban J connectivity index is 1.90. The summed E-state index contributed by atoms with van der Waals surface area (Å²) < 4.78 is 27.2. The molecule has 2 aromatic rings. The lowest BCUT2D eigenvalue weighted by Crippen LogP contribution is -2.26. The summed E-state index contributed by atoms with van der Waals surface area (Å²) in [6.45, 7) is 1.84. The summed E-state index contributed by atoms with van der Waals surface area (Å²) in [6.07, 6.45) is 0. The number of nitro groups is 1. The molecule has 2 rings (SSSR count). The van der Waals surface area contributed by atoms with Gasteiger partial charge < -0.3 is 0 Å². The molecule has 2 aromatic carbocycles. The number of halogens is 1. The first kappa shape index (κ1) is 19.7. The molecule has 0 aromatic heterocycles. The first-order valence-electron chi connectivity index (χ1n) is 7.36. The van der Waals surface area contributed by atoms with Crippen LogP contribution in [-0.2, 0) is 15.8 Å². The molecule has 0 atom stereocenters. The summed E-state index contributed by atoms with van der Waals surface area (Å²) >= 11 is 7.40. The highest BCUT2D eigenvalue weighted by molar-refractivity contribution is 7.98. The fraction of sp³-hybridized carbons (Fsp3) is 0.250. The smallest absolute Gasteiger partial charge is 0.258 e. The molecular weight excluding hydrogens is 384 g/mol. The van der Waals surface area contributed by atoms with Crippen LogP contribution >= 0.6 is 23.4 Å². The zero-order chi connectivity index (χ0) is 18.4. The molecule has 0 saturated carbocycles. The highest BCUT2D eigenvalue weighted by atomic mass is 35.5. The average Bonchev–Trinajstić information content (AvgIpc) is 2.56. The zero-order valence-corrected chi connectivity index (χ0v) is 15.8. The number of nitrogens with zero attached hydrogens (tertiary/aromatic N) is 1. The highest BCUT2D eigenvalue weighted by Gasteiger charge is 2.19. The van der Waals surface area contributed by atoms with Crippen molar-refractivity contribution < 1.29 is 13.3 Å². The maximum atomic E-state index is 12.3. The lowest BCUT2D eigenvalue weighted by atomic mass is 10.2. The van der Waals surface area contributed by atoms with Gasteiger partial charge in [0, 0.05) is 35.2 Å². The van der Waals surface area contributed by atoms with Crippen LogP contribution in [0.3, 0.4) is 0 Å². The van der Waals surface area contributed by atoms with Crippen molar-refractivity contribution in [1.82, 2.24) is 4.72 Å². The molecule has 134 valence electrons. The topological polar surface area (TPSA) is 89.3 Å². The van der Waals surface area contributed by atoms with Crippen LogP contribution in [0.2, 0.25) is 5.02 Å². The second kappa shape index (κ2) is 8.66. The Morgan fingerprint density at radius 2 is 1.88 bits per heavy atom. The number of non-ortho nitro benzene ring substituents is 1. The van der Waals surface area contributed by atoms with E-state index < -0.39 is 14.9 Å². The Morgan fingerprint density at radius 3 is 2.52 bits per heavy atom. The number of hydrogen-bond acceptors (Lipinski definition) is 5. The Morgan fingerprint density at radius 1 is 1.20 bits per heavy atom. The van der Waals surface area contributed by atoms with Crippen LogP contribution in [0, 0.1) is 17.0 Å². The number of nitro benzene ring substituents is 1. The molecule has 0 unspecified atom stereocenters. The van der Waals surface area contributed by atoms with Gasteiger partial charge >= 0.3 is 0 Å². The van der Waals surface area contributed by atoms with Gasteiger partial charge in [0.05, 0.1) is 9.82 Å². The number of nitrogens with one attached hydrogen (secondary N) is 1. The molecular formula is C16H17ClN2O4S2. The first-order chi connectivity index (χ1) is 11.8. The first-order valence-corrected chi connectivity index (χ1v) is 10.4. The molecule has 0 fully saturated rings. The molecule has 1 N–H and O–H groups in total. The molecule has 6 nitrogen and oxygen atoms in total. The van der Waals surface area contributed by atoms with Crippen molar-refractivity contribution in [3.8, 4) is 0 Å². The van der Waals surface area contributed by atoms with Gasteiger partial charge in [-0.3, -0.25) is 10.1 Å². The highest BCUT2D eigenvalue weighted by Crippen LogP contribution is 2.21. The van der Waals surface area contributed by atoms with Crippen molar-refractivity contribution in [3.63, 3.8) is 0 Å². The van der Waals surface area contributed by atoms with Crippen molar-refractivity contribution in [2.75, 3.05) is 12.3 Å². The molecule has 0 aliphatic heterocycles. The molecule has 0 aliphatic carbocycles. The maximum absolute atomic E-state index is 12.3. The summed E-state index contributed by atoms with van der Waals surface area (Å²) in [7, 11) is -3.78. The third kappa shape index (κ3) is 5.71. The number of hydrogen-bond donors (Lipinski definition) is 1. The van der Waals surface area contributed by atoms with E-state index in [4.69, 9.17) is 11.6 Å². The van der Waals surface area contributed by atoms with Crippen molar-refractivity contribution in [3.05, 3.63) is 68.7 Å². The predicted molar refractivity (Wildman–Crippen MR) is 101 cm³/mol. The number of benzene rings is 2. The number of rotatable bonds is 8. The third-order valence-electron chi connectivity index (χ3n) is 3.39. The summed E-state index contributed by atoms with van der Waals surface area (Å²) in [4.78, 5) is 10.1. The second-order valence-electron chi connectivity index (χ2n) is 5.28. The van der Waals surface area contributed by atoms with Gasteiger partial charge in [-0.2, -0.15) is 11.8 Å². The SMILES string of the molecule is Cc1ccc([N+](=O)[O-])cc1S(=O)(=O)NCCSCc1ccc(Cl)cc1. The van der Waals surface area contributed by atoms with E-state index in [0.717, 1.165) is 17.4 Å². The Labute approximate surface area is 155 Å². The lowest BCUT2D eigenvalue weighted by Gasteiger charge is -2.09. The van der Waals surface area contributed by atoms with E-state index in [2.05, 4.69) is 4.72 Å². The quantitative estimate of drug-likeness (QED) is 0.414. The molecule has 0 radical (unpaired) electrons. The van der Waals surface area contributed by atoms with Gasteiger partial charge in [0.1, 0.15) is 0 Å². The summed E-state index contributed by atoms with van der Waals surface area (Å²) in [6, 6.07) is 11.3. The van der Waals surface area contributed by atoms with Gasteiger partial charge in [-0.15, -0.1) is 0 Å². The summed E-state index contributed by atoms with van der Waals surface area (Å²) in [5.74, 6) is 1.32. The molecule has 0 heterocycles. The van der Waals surface area contributed by atoms with Crippen LogP contribution in [0.4, 0.5) is 5.69 Å². The molecule has 0 saturated heterocycles. The van der Waals surface area contributed by atoms with Crippen molar-refractivity contribution >= 4 is 39.1 Å². The van der Waals surface area contributed by atoms with E-state index >= 15 is 0 Å². The van der Waals surface area contributed by atoms with E-state index in [1.165, 1.54) is 12.1 Å². The molecule has 0 bridgehead atoms. The third-order valence-corrected chi connectivity index (χ3v) is 6.28. The van der Waals surface area contributed by atoms with Crippen LogP contribution in [0.5, 0.6) is 0 Å². The monoisotopic (exact) mass is 400 g/mol. The van der Waals surface area contributed by atoms with E-state index in [1.54, 1.807) is 18.7 Å². The fourth-order valence-corrected chi connectivity index (χ4v) is 4.46. The molecule has 0 spiro atoms. The standard InChI is InChI=1S/C16H17ClN2O4S2/c1-12-2-7-15(19(20)21)10-16(12)25(22,23)18-8-9-24-11-13-3-5-14(17)6-4-13/h2-7,10,18H,8-9,11H2,1H3. The van der Waals surface area contributed by atoms with Crippen LogP contribution in [0.25, 0.3) is 0 Å². The summed E-state index contributed by atoms with van der Waals surface area (Å²) in [5, 5.41) is 11.5. The molecule has 9 heteroatoms. The number of sulfonamides is 1. The Bertz CT molecular complexity index is 855. The van der Waals surface area contributed by atoms with E-state index in [0.29, 0.717) is 16.3 Å². The van der Waals surface area contributed by atoms with Crippen molar-refractivity contribution in [1.29, 1.82) is 0 Å². The normalized spacial score (nSPS) is 11.4. The fourth-order valence-electron chi connectivity index (χ4n) is 2.09. The van der Waals surface area contributed by atoms with Gasteiger partial charge in [-0.25, -0.2) is 13.1 Å². The summed E-state index contributed by atoms with van der Waals surface area (Å²) in [5.41, 5.74) is 1.32. The minimum Gasteiger partial charge on any atom is -0.258 e. The van der Waals surface area contributed by atoms with E-state index in [1.807, 2.05) is 24.3 Å².